The molecule has 1 rings (SSSR count). The molecule has 21 heavy (non-hydrogen) atoms. The van der Waals surface area contributed by atoms with Crippen LogP contribution in [0.5, 0.6) is 0 Å². The van der Waals surface area contributed by atoms with Gasteiger partial charge in [-0.05, 0) is 52.3 Å². The van der Waals surface area contributed by atoms with Crippen molar-refractivity contribution in [1.29, 1.82) is 0 Å². The normalized spacial score (nSPS) is 16.0. The topological polar surface area (TPSA) is 41.3 Å². The number of nitrogens with zero attached hydrogens (tertiary/aromatic N) is 1. The van der Waals surface area contributed by atoms with E-state index in [2.05, 4.69) is 70.1 Å². The Bertz CT molecular complexity index is 420. The van der Waals surface area contributed by atoms with E-state index < -0.39 is 0 Å². The van der Waals surface area contributed by atoms with E-state index in [0.717, 1.165) is 25.9 Å². The summed E-state index contributed by atoms with van der Waals surface area (Å²) in [5.74, 6) is 5.93. The first-order chi connectivity index (χ1) is 9.90. The molecule has 0 radical (unpaired) electrons. The SMILES string of the molecule is CCN(CC)C(C)(CC)C(Cc1cc(C)cc(C)c1)NN. The first kappa shape index (κ1) is 18.1. The lowest BCUT2D eigenvalue weighted by Crippen LogP contribution is -2.61. The Balaban J connectivity index is 3.04. The maximum atomic E-state index is 5.93. The molecule has 1 aromatic carbocycles. The molecule has 2 unspecified atom stereocenters. The van der Waals surface area contributed by atoms with Gasteiger partial charge in [0.05, 0.1) is 0 Å². The van der Waals surface area contributed by atoms with Crippen LogP contribution in [0.2, 0.25) is 0 Å². The maximum absolute atomic E-state index is 5.93. The summed E-state index contributed by atoms with van der Waals surface area (Å²) in [7, 11) is 0. The average Bonchev–Trinajstić information content (AvgIpc) is 2.44. The Kier molecular flexibility index (Phi) is 6.85. The van der Waals surface area contributed by atoms with Crippen LogP contribution in [0.3, 0.4) is 0 Å². The standard InChI is InChI=1S/C18H33N3/c1-7-18(6,21(8-2)9-3)17(20-19)13-16-11-14(4)10-15(5)12-16/h10-12,17,20H,7-9,13,19H2,1-6H3. The summed E-state index contributed by atoms with van der Waals surface area (Å²) in [6.45, 7) is 15.4. The molecule has 120 valence electrons. The number of likely N-dealkylation sites (N-methyl/N-ethyl adjacent to an activating group) is 1. The van der Waals surface area contributed by atoms with Gasteiger partial charge in [-0.2, -0.15) is 0 Å². The highest BCUT2D eigenvalue weighted by Gasteiger charge is 2.36. The number of nitrogens with one attached hydrogen (secondary N) is 1. The molecule has 3 N–H and O–H groups in total. The number of rotatable bonds is 8. The fraction of sp³-hybridized carbons (Fsp3) is 0.667. The third-order valence-corrected chi connectivity index (χ3v) is 4.87. The van der Waals surface area contributed by atoms with Gasteiger partial charge in [0, 0.05) is 11.6 Å². The maximum Gasteiger partial charge on any atom is 0.0432 e. The van der Waals surface area contributed by atoms with E-state index in [4.69, 9.17) is 5.84 Å². The predicted molar refractivity (Wildman–Crippen MR) is 92.3 cm³/mol. The van der Waals surface area contributed by atoms with Crippen LogP contribution in [-0.4, -0.2) is 29.6 Å². The van der Waals surface area contributed by atoms with E-state index in [-0.39, 0.29) is 11.6 Å². The number of benzene rings is 1. The largest absolute Gasteiger partial charge is 0.297 e. The number of hydrogen-bond acceptors (Lipinski definition) is 3. The molecule has 0 aliphatic rings. The van der Waals surface area contributed by atoms with E-state index in [9.17, 15) is 0 Å². The lowest BCUT2D eigenvalue weighted by molar-refractivity contribution is 0.0701. The van der Waals surface area contributed by atoms with Crippen LogP contribution in [0.1, 0.15) is 50.8 Å². The summed E-state index contributed by atoms with van der Waals surface area (Å²) in [6, 6.07) is 7.01. The fourth-order valence-corrected chi connectivity index (χ4v) is 3.52. The zero-order chi connectivity index (χ0) is 16.0. The highest BCUT2D eigenvalue weighted by molar-refractivity contribution is 5.29. The monoisotopic (exact) mass is 291 g/mol. The van der Waals surface area contributed by atoms with Crippen LogP contribution in [0.4, 0.5) is 0 Å². The van der Waals surface area contributed by atoms with Crippen LogP contribution < -0.4 is 11.3 Å². The van der Waals surface area contributed by atoms with Crippen molar-refractivity contribution in [1.82, 2.24) is 10.3 Å². The minimum absolute atomic E-state index is 0.0654. The average molecular weight is 291 g/mol. The molecule has 0 heterocycles. The van der Waals surface area contributed by atoms with Gasteiger partial charge in [0.15, 0.2) is 0 Å². The van der Waals surface area contributed by atoms with Gasteiger partial charge in [0.1, 0.15) is 0 Å². The third kappa shape index (κ3) is 4.29. The van der Waals surface area contributed by atoms with Crippen molar-refractivity contribution in [2.45, 2.75) is 66.0 Å². The first-order valence-electron chi connectivity index (χ1n) is 8.19. The summed E-state index contributed by atoms with van der Waals surface area (Å²) < 4.78 is 0. The van der Waals surface area contributed by atoms with Crippen LogP contribution in [0.15, 0.2) is 18.2 Å². The third-order valence-electron chi connectivity index (χ3n) is 4.87. The molecule has 1 aromatic rings. The molecule has 0 spiro atoms. The van der Waals surface area contributed by atoms with Gasteiger partial charge in [-0.15, -0.1) is 0 Å². The lowest BCUT2D eigenvalue weighted by Gasteiger charge is -2.45. The second-order valence-electron chi connectivity index (χ2n) is 6.30. The molecule has 0 saturated carbocycles. The molecular formula is C18H33N3. The smallest absolute Gasteiger partial charge is 0.0432 e. The number of aryl methyl sites for hydroxylation is 2. The van der Waals surface area contributed by atoms with Gasteiger partial charge in [0.2, 0.25) is 0 Å². The van der Waals surface area contributed by atoms with Crippen LogP contribution in [0.25, 0.3) is 0 Å². The second kappa shape index (κ2) is 7.92. The number of hydrogen-bond donors (Lipinski definition) is 2. The van der Waals surface area contributed by atoms with E-state index in [1.54, 1.807) is 0 Å². The highest BCUT2D eigenvalue weighted by Crippen LogP contribution is 2.26. The molecule has 0 bridgehead atoms. The molecule has 0 aromatic heterocycles. The van der Waals surface area contributed by atoms with Crippen LogP contribution >= 0.6 is 0 Å². The Morgan fingerprint density at radius 1 is 1.10 bits per heavy atom. The van der Waals surface area contributed by atoms with Crippen molar-refractivity contribution in [3.8, 4) is 0 Å². The number of nitrogens with two attached hydrogens (primary N) is 1. The molecule has 0 saturated heterocycles. The summed E-state index contributed by atoms with van der Waals surface area (Å²) >= 11 is 0. The van der Waals surface area contributed by atoms with Crippen molar-refractivity contribution in [2.24, 2.45) is 5.84 Å². The van der Waals surface area contributed by atoms with E-state index >= 15 is 0 Å². The minimum atomic E-state index is 0.0654. The Labute approximate surface area is 130 Å². The minimum Gasteiger partial charge on any atom is -0.297 e. The van der Waals surface area contributed by atoms with Gasteiger partial charge in [0.25, 0.3) is 0 Å². The Morgan fingerprint density at radius 3 is 2.00 bits per heavy atom. The van der Waals surface area contributed by atoms with Crippen molar-refractivity contribution in [2.75, 3.05) is 13.1 Å². The summed E-state index contributed by atoms with van der Waals surface area (Å²) in [6.07, 6.45) is 2.04. The van der Waals surface area contributed by atoms with Crippen LogP contribution in [0, 0.1) is 13.8 Å². The molecule has 3 nitrogen and oxygen atoms in total. The zero-order valence-corrected chi connectivity index (χ0v) is 14.7. The first-order valence-corrected chi connectivity index (χ1v) is 8.19. The van der Waals surface area contributed by atoms with E-state index in [1.807, 2.05) is 0 Å². The van der Waals surface area contributed by atoms with Gasteiger partial charge in [-0.25, -0.2) is 0 Å². The van der Waals surface area contributed by atoms with Crippen molar-refractivity contribution in [3.63, 3.8) is 0 Å². The number of hydrazine groups is 1. The van der Waals surface area contributed by atoms with Crippen LogP contribution in [-0.2, 0) is 6.42 Å². The van der Waals surface area contributed by atoms with Crippen molar-refractivity contribution >= 4 is 0 Å². The van der Waals surface area contributed by atoms with Gasteiger partial charge in [-0.3, -0.25) is 16.2 Å². The Hall–Kier alpha value is -0.900. The molecular weight excluding hydrogens is 258 g/mol. The predicted octanol–water partition coefficient (Wildman–Crippen LogP) is 3.19. The molecule has 0 amide bonds. The Morgan fingerprint density at radius 2 is 1.62 bits per heavy atom. The van der Waals surface area contributed by atoms with Gasteiger partial charge >= 0.3 is 0 Å². The summed E-state index contributed by atoms with van der Waals surface area (Å²) in [5.41, 5.74) is 7.16. The molecule has 0 aliphatic heterocycles. The lowest BCUT2D eigenvalue weighted by atomic mass is 9.83. The molecule has 0 fully saturated rings. The van der Waals surface area contributed by atoms with E-state index in [1.165, 1.54) is 16.7 Å². The second-order valence-corrected chi connectivity index (χ2v) is 6.30. The molecule has 0 aliphatic carbocycles. The van der Waals surface area contributed by atoms with Crippen molar-refractivity contribution < 1.29 is 0 Å². The molecule has 2 atom stereocenters. The fourth-order valence-electron chi connectivity index (χ4n) is 3.52. The zero-order valence-electron chi connectivity index (χ0n) is 14.7. The van der Waals surface area contributed by atoms with Gasteiger partial charge in [-0.1, -0.05) is 50.1 Å². The van der Waals surface area contributed by atoms with Gasteiger partial charge < -0.3 is 0 Å². The van der Waals surface area contributed by atoms with Crippen molar-refractivity contribution in [3.05, 3.63) is 34.9 Å². The summed E-state index contributed by atoms with van der Waals surface area (Å²) in [5, 5.41) is 0. The summed E-state index contributed by atoms with van der Waals surface area (Å²) in [4.78, 5) is 2.51. The molecule has 3 heteroatoms. The van der Waals surface area contributed by atoms with E-state index in [0.29, 0.717) is 0 Å². The highest BCUT2D eigenvalue weighted by atomic mass is 15.3. The quantitative estimate of drug-likeness (QED) is 0.571.